The number of carbonyl (C=O) groups excluding carboxylic acids is 2. The summed E-state index contributed by atoms with van der Waals surface area (Å²) < 4.78 is 0. The number of hydrogen-bond donors (Lipinski definition) is 2. The van der Waals surface area contributed by atoms with Gasteiger partial charge in [-0.25, -0.2) is 0 Å². The first-order chi connectivity index (χ1) is 9.61. The van der Waals surface area contributed by atoms with Gasteiger partial charge in [-0.1, -0.05) is 0 Å². The maximum absolute atomic E-state index is 10.7. The fourth-order valence-corrected chi connectivity index (χ4v) is 1.75. The van der Waals surface area contributed by atoms with Crippen LogP contribution in [-0.4, -0.2) is 82.7 Å². The molecule has 1 atom stereocenters. The van der Waals surface area contributed by atoms with Crippen molar-refractivity contribution in [3.05, 3.63) is 0 Å². The first kappa shape index (κ1) is 27.6. The van der Waals surface area contributed by atoms with Crippen LogP contribution in [0.2, 0.25) is 0 Å². The zero-order valence-electron chi connectivity index (χ0n) is 13.4. The normalized spacial score (nSPS) is 11.3. The van der Waals surface area contributed by atoms with Gasteiger partial charge in [0, 0.05) is 25.7 Å². The quantitative estimate of drug-likeness (QED) is 0.342. The van der Waals surface area contributed by atoms with Crippen LogP contribution in [0.3, 0.4) is 0 Å². The summed E-state index contributed by atoms with van der Waals surface area (Å²) in [6, 6.07) is -0.698. The van der Waals surface area contributed by atoms with Gasteiger partial charge in [-0.3, -0.25) is 19.4 Å². The molecule has 0 amide bonds. The van der Waals surface area contributed by atoms with Crippen molar-refractivity contribution in [2.45, 2.75) is 13.0 Å². The standard InChI is InChI=1S/C11H18N2O8.2Na/c1-7(13(5-10(18)19)6-11(20)21)2-12(3-8(14)15)4-9(16)17;;/h7H,2-6H2,1H3,(H,14,15)(H,16,17)(H,18,19)(H,20,21);;/q;2*+1/p-2. The van der Waals surface area contributed by atoms with Crippen LogP contribution in [0.5, 0.6) is 0 Å². The van der Waals surface area contributed by atoms with Gasteiger partial charge in [0.2, 0.25) is 0 Å². The number of nitrogens with zero attached hydrogens (tertiary/aromatic N) is 2. The van der Waals surface area contributed by atoms with Crippen molar-refractivity contribution in [2.75, 3.05) is 32.7 Å². The molecule has 1 unspecified atom stereocenters. The van der Waals surface area contributed by atoms with Crippen molar-refractivity contribution >= 4 is 23.9 Å². The number of carbonyl (C=O) groups is 4. The molecule has 0 aliphatic heterocycles. The minimum atomic E-state index is -1.51. The molecule has 12 heteroatoms. The Bertz CT molecular complexity index is 389. The molecule has 0 heterocycles. The van der Waals surface area contributed by atoms with Gasteiger partial charge in [0.15, 0.2) is 0 Å². The van der Waals surface area contributed by atoms with Crippen molar-refractivity contribution in [2.24, 2.45) is 0 Å². The van der Waals surface area contributed by atoms with E-state index in [2.05, 4.69) is 0 Å². The van der Waals surface area contributed by atoms with Gasteiger partial charge >= 0.3 is 71.1 Å². The zero-order valence-corrected chi connectivity index (χ0v) is 17.4. The van der Waals surface area contributed by atoms with Crippen LogP contribution in [0, 0.1) is 0 Å². The summed E-state index contributed by atoms with van der Waals surface area (Å²) in [7, 11) is 0. The molecule has 0 bridgehead atoms. The van der Waals surface area contributed by atoms with E-state index in [-0.39, 0.29) is 65.7 Å². The molecule has 0 aliphatic rings. The third-order valence-electron chi connectivity index (χ3n) is 2.53. The number of rotatable bonds is 11. The van der Waals surface area contributed by atoms with E-state index < -0.39 is 56.1 Å². The molecule has 0 spiro atoms. The predicted octanol–water partition coefficient (Wildman–Crippen LogP) is -10.3. The average Bonchev–Trinajstić information content (AvgIpc) is 2.24. The van der Waals surface area contributed by atoms with E-state index in [4.69, 9.17) is 10.2 Å². The van der Waals surface area contributed by atoms with Crippen LogP contribution < -0.4 is 69.3 Å². The van der Waals surface area contributed by atoms with E-state index in [0.29, 0.717) is 0 Å². The zero-order chi connectivity index (χ0) is 16.6. The third-order valence-corrected chi connectivity index (χ3v) is 2.53. The summed E-state index contributed by atoms with van der Waals surface area (Å²) in [5.74, 6) is -5.53. The molecule has 2 N–H and O–H groups in total. The summed E-state index contributed by atoms with van der Waals surface area (Å²) >= 11 is 0. The summed E-state index contributed by atoms with van der Waals surface area (Å²) in [6.07, 6.45) is 0. The summed E-state index contributed by atoms with van der Waals surface area (Å²) in [6.45, 7) is -1.22. The molecular formula is C11H16N2Na2O8. The molecule has 0 aromatic rings. The second-order valence-electron chi connectivity index (χ2n) is 4.46. The van der Waals surface area contributed by atoms with Gasteiger partial charge in [-0.2, -0.15) is 0 Å². The molecule has 0 aromatic carbocycles. The number of hydrogen-bond acceptors (Lipinski definition) is 8. The molecule has 0 aromatic heterocycles. The maximum Gasteiger partial charge on any atom is 1.00 e. The minimum absolute atomic E-state index is 0. The Morgan fingerprint density at radius 2 is 1.22 bits per heavy atom. The number of carboxylic acids is 4. The Balaban J connectivity index is -0.00000200. The molecule has 0 aliphatic carbocycles. The first-order valence-corrected chi connectivity index (χ1v) is 5.91. The number of aliphatic carboxylic acids is 4. The van der Waals surface area contributed by atoms with E-state index >= 15 is 0 Å². The van der Waals surface area contributed by atoms with Gasteiger partial charge in [0.25, 0.3) is 0 Å². The first-order valence-electron chi connectivity index (χ1n) is 5.91. The third kappa shape index (κ3) is 15.1. The Labute approximate surface area is 177 Å². The van der Waals surface area contributed by atoms with Gasteiger partial charge in [-0.05, 0) is 6.92 Å². The van der Waals surface area contributed by atoms with Gasteiger partial charge < -0.3 is 30.0 Å². The smallest absolute Gasteiger partial charge is 0.549 e. The fourth-order valence-electron chi connectivity index (χ4n) is 1.75. The van der Waals surface area contributed by atoms with Crippen LogP contribution in [0.15, 0.2) is 0 Å². The monoisotopic (exact) mass is 350 g/mol. The van der Waals surface area contributed by atoms with Crippen LogP contribution in [-0.2, 0) is 19.2 Å². The fraction of sp³-hybridized carbons (Fsp3) is 0.636. The van der Waals surface area contributed by atoms with Crippen molar-refractivity contribution in [1.82, 2.24) is 9.80 Å². The summed E-state index contributed by atoms with van der Waals surface area (Å²) in [5, 5.41) is 38.5. The molecule has 0 rings (SSSR count). The minimum Gasteiger partial charge on any atom is -0.549 e. The average molecular weight is 350 g/mol. The molecule has 0 radical (unpaired) electrons. The van der Waals surface area contributed by atoms with Crippen molar-refractivity contribution in [1.29, 1.82) is 0 Å². The Hall–Kier alpha value is -0.200. The summed E-state index contributed by atoms with van der Waals surface area (Å²) in [4.78, 5) is 44.5. The van der Waals surface area contributed by atoms with Crippen molar-refractivity contribution < 1.29 is 98.7 Å². The van der Waals surface area contributed by atoms with Crippen molar-refractivity contribution in [3.8, 4) is 0 Å². The van der Waals surface area contributed by atoms with E-state index in [0.717, 1.165) is 9.80 Å². The molecule has 120 valence electrons. The van der Waals surface area contributed by atoms with E-state index in [9.17, 15) is 29.4 Å². The van der Waals surface area contributed by atoms with E-state index in [1.807, 2.05) is 0 Å². The van der Waals surface area contributed by atoms with Crippen LogP contribution in [0.4, 0.5) is 0 Å². The topological polar surface area (TPSA) is 161 Å². The SMILES string of the molecule is CC(CN(CC(=O)[O-])CC(=O)[O-])N(CC(=O)O)CC(=O)O.[Na+].[Na+]. The molecule has 10 nitrogen and oxygen atoms in total. The van der Waals surface area contributed by atoms with Gasteiger partial charge in [0.1, 0.15) is 0 Å². The number of carboxylic acid groups (broad SMARTS) is 4. The van der Waals surface area contributed by atoms with E-state index in [1.54, 1.807) is 0 Å². The predicted molar refractivity (Wildman–Crippen MR) is 62.8 cm³/mol. The molecule has 0 fully saturated rings. The summed E-state index contributed by atoms with van der Waals surface area (Å²) in [5.41, 5.74) is 0. The van der Waals surface area contributed by atoms with Crippen LogP contribution in [0.1, 0.15) is 6.92 Å². The Morgan fingerprint density at radius 1 is 0.870 bits per heavy atom. The second-order valence-corrected chi connectivity index (χ2v) is 4.46. The largest absolute Gasteiger partial charge is 1.00 e. The molecular weight excluding hydrogens is 334 g/mol. The van der Waals surface area contributed by atoms with Crippen LogP contribution in [0.25, 0.3) is 0 Å². The maximum atomic E-state index is 10.7. The Morgan fingerprint density at radius 3 is 1.48 bits per heavy atom. The van der Waals surface area contributed by atoms with Gasteiger partial charge in [-0.15, -0.1) is 0 Å². The van der Waals surface area contributed by atoms with Crippen LogP contribution >= 0.6 is 0 Å². The molecule has 0 saturated carbocycles. The van der Waals surface area contributed by atoms with E-state index in [1.165, 1.54) is 6.92 Å². The molecule has 23 heavy (non-hydrogen) atoms. The molecule has 0 saturated heterocycles. The Kier molecular flexibility index (Phi) is 17.0. The van der Waals surface area contributed by atoms with Crippen molar-refractivity contribution in [3.63, 3.8) is 0 Å². The second kappa shape index (κ2) is 14.2. The van der Waals surface area contributed by atoms with Gasteiger partial charge in [0.05, 0.1) is 25.0 Å².